The maximum absolute atomic E-state index is 12.6. The second-order valence-electron chi connectivity index (χ2n) is 16.2. The molecule has 318 valence electrons. The van der Waals surface area contributed by atoms with Gasteiger partial charge in [-0.2, -0.15) is 0 Å². The van der Waals surface area contributed by atoms with Gasteiger partial charge in [0.15, 0.2) is 10.3 Å². The molecule has 4 saturated heterocycles. The van der Waals surface area contributed by atoms with Gasteiger partial charge in [-0.15, -0.1) is 22.7 Å². The molecule has 0 unspecified atom stereocenters. The van der Waals surface area contributed by atoms with Crippen LogP contribution in [0.1, 0.15) is 59.4 Å². The zero-order chi connectivity index (χ0) is 41.0. The summed E-state index contributed by atoms with van der Waals surface area (Å²) in [6, 6.07) is 11.9. The lowest BCUT2D eigenvalue weighted by molar-refractivity contribution is 0.149. The highest BCUT2D eigenvalue weighted by Gasteiger charge is 2.20. The van der Waals surface area contributed by atoms with Crippen LogP contribution < -0.4 is 36.4 Å². The maximum atomic E-state index is 12.6. The van der Waals surface area contributed by atoms with Crippen LogP contribution in [0.4, 0.5) is 42.6 Å². The van der Waals surface area contributed by atoms with Crippen molar-refractivity contribution in [3.8, 4) is 0 Å². The number of carbonyl (C=O) groups excluding carboxylic acids is 2. The number of carbonyl (C=O) groups is 2. The number of piperazine rings is 2. The van der Waals surface area contributed by atoms with Crippen LogP contribution in [0.25, 0.3) is 0 Å². The Morgan fingerprint density at radius 1 is 0.593 bits per heavy atom. The fourth-order valence-corrected chi connectivity index (χ4v) is 9.68. The third-order valence-corrected chi connectivity index (χ3v) is 13.1. The number of amides is 4. The summed E-state index contributed by atoms with van der Waals surface area (Å²) in [5, 5.41) is 16.5. The number of piperidine rings is 2. The molecule has 2 aromatic carbocycles. The van der Waals surface area contributed by atoms with E-state index in [0.29, 0.717) is 10.3 Å². The largest absolute Gasteiger partial charge is 0.370 e. The molecule has 0 spiro atoms. The number of hydrogen-bond acceptors (Lipinski definition) is 12. The number of likely N-dealkylation sites (N-methyl/N-ethyl adjacent to an activating group) is 1. The highest BCUT2D eigenvalue weighted by molar-refractivity contribution is 7.16. The summed E-state index contributed by atoms with van der Waals surface area (Å²) < 4.78 is 0. The number of aryl methyl sites for hydroxylation is 2. The fourth-order valence-electron chi connectivity index (χ4n) is 7.98. The van der Waals surface area contributed by atoms with E-state index in [4.69, 9.17) is 0 Å². The molecule has 4 amide bonds. The molecule has 0 radical (unpaired) electrons. The lowest BCUT2D eigenvalue weighted by Gasteiger charge is -2.31. The lowest BCUT2D eigenvalue weighted by atomic mass is 10.1. The topological polar surface area (TPSA) is 136 Å². The Bertz CT molecular complexity index is 1960. The van der Waals surface area contributed by atoms with E-state index in [2.05, 4.69) is 94.1 Å². The first-order chi connectivity index (χ1) is 28.7. The van der Waals surface area contributed by atoms with Gasteiger partial charge >= 0.3 is 12.1 Å². The molecule has 0 aliphatic carbocycles. The Labute approximate surface area is 357 Å². The summed E-state index contributed by atoms with van der Waals surface area (Å²) in [5.41, 5.74) is 6.34. The van der Waals surface area contributed by atoms with Gasteiger partial charge in [-0.25, -0.2) is 19.6 Å². The molecule has 14 nitrogen and oxygen atoms in total. The molecule has 2 aromatic heterocycles. The number of anilines is 6. The minimum absolute atomic E-state index is 0.238. The van der Waals surface area contributed by atoms with Crippen molar-refractivity contribution in [3.63, 3.8) is 0 Å². The van der Waals surface area contributed by atoms with Gasteiger partial charge in [0.2, 0.25) is 0 Å². The van der Waals surface area contributed by atoms with Crippen LogP contribution in [0.5, 0.6) is 0 Å². The van der Waals surface area contributed by atoms with Gasteiger partial charge in [-0.1, -0.05) is 12.1 Å². The number of hydrogen-bond donors (Lipinski definition) is 5. The van der Waals surface area contributed by atoms with Crippen molar-refractivity contribution in [1.82, 2.24) is 30.0 Å². The van der Waals surface area contributed by atoms with E-state index >= 15 is 0 Å². The smallest absolute Gasteiger partial charge is 0.325 e. The first-order valence-electron chi connectivity index (χ1n) is 21.3. The predicted octanol–water partition coefficient (Wildman–Crippen LogP) is 7.32. The van der Waals surface area contributed by atoms with E-state index in [1.165, 1.54) is 59.4 Å². The molecule has 16 heteroatoms. The molecular formula is C43H62N12O2S2. The van der Waals surface area contributed by atoms with E-state index in [9.17, 15) is 9.59 Å². The SMILES string of the molecule is Cc1ccc(NC(=O)Nc2ncc(CN3CCN(C)CC3)s2)c(N2CCCCC2)c1.Cc1ccc(NC(=O)Nc2ncc(CN3CCNCC3)s2)c(N2CCCCC2)c1. The summed E-state index contributed by atoms with van der Waals surface area (Å²) in [6.07, 6.45) is 11.1. The summed E-state index contributed by atoms with van der Waals surface area (Å²) in [7, 11) is 2.16. The number of urea groups is 2. The molecule has 4 aliphatic rings. The minimum atomic E-state index is -0.241. The first-order valence-corrected chi connectivity index (χ1v) is 23.0. The maximum Gasteiger partial charge on any atom is 0.325 e. The fraction of sp³-hybridized carbons (Fsp3) is 0.535. The van der Waals surface area contributed by atoms with Crippen molar-refractivity contribution in [2.45, 2.75) is 65.5 Å². The van der Waals surface area contributed by atoms with Gasteiger partial charge in [-0.05, 0) is 94.8 Å². The zero-order valence-corrected chi connectivity index (χ0v) is 36.7. The van der Waals surface area contributed by atoms with Gasteiger partial charge in [0.25, 0.3) is 0 Å². The Hall–Kier alpha value is -4.32. The Morgan fingerprint density at radius 3 is 1.49 bits per heavy atom. The van der Waals surface area contributed by atoms with Gasteiger partial charge in [0.05, 0.1) is 22.7 Å². The molecule has 4 aromatic rings. The Kier molecular flexibility index (Phi) is 15.4. The standard InChI is InChI=1S/C22H32N6OS.C21H30N6OS/c1-17-6-7-19(20(14-17)28-8-4-3-5-9-28)24-21(29)25-22-23-15-18(30-22)16-27-12-10-26(2)11-13-27;1-16-5-6-18(19(13-16)27-9-3-2-4-10-27)24-20(28)25-21-23-14-17(29-21)15-26-11-7-22-8-12-26/h6-7,14-15H,3-5,8-13,16H2,1-2H3,(H2,23,24,25,29);5-6,13-14,22H,2-4,7-12,15H2,1H3,(H2,23,24,25,28). The van der Waals surface area contributed by atoms with Crippen LogP contribution >= 0.6 is 22.7 Å². The van der Waals surface area contributed by atoms with Crippen LogP contribution in [-0.4, -0.2) is 122 Å². The van der Waals surface area contributed by atoms with E-state index < -0.39 is 0 Å². The third kappa shape index (κ3) is 12.8. The number of benzene rings is 2. The van der Waals surface area contributed by atoms with E-state index in [-0.39, 0.29) is 12.1 Å². The van der Waals surface area contributed by atoms with Gasteiger partial charge in [0, 0.05) is 114 Å². The number of nitrogens with zero attached hydrogens (tertiary/aromatic N) is 7. The number of thiazole rings is 2. The summed E-state index contributed by atoms with van der Waals surface area (Å²) in [6.45, 7) is 18.6. The lowest BCUT2D eigenvalue weighted by Crippen LogP contribution is -2.43. The van der Waals surface area contributed by atoms with Crippen molar-refractivity contribution in [2.75, 3.05) is 117 Å². The zero-order valence-electron chi connectivity index (χ0n) is 35.0. The number of rotatable bonds is 10. The highest BCUT2D eigenvalue weighted by Crippen LogP contribution is 2.32. The second kappa shape index (κ2) is 21.3. The first kappa shape index (κ1) is 42.8. The molecule has 4 aliphatic heterocycles. The van der Waals surface area contributed by atoms with E-state index in [1.54, 1.807) is 22.7 Å². The van der Waals surface area contributed by atoms with Crippen LogP contribution in [0.15, 0.2) is 48.8 Å². The van der Waals surface area contributed by atoms with Gasteiger partial charge in [0.1, 0.15) is 0 Å². The van der Waals surface area contributed by atoms with Crippen molar-refractivity contribution in [1.29, 1.82) is 0 Å². The van der Waals surface area contributed by atoms with Crippen molar-refractivity contribution < 1.29 is 9.59 Å². The molecular weight excluding hydrogens is 781 g/mol. The summed E-state index contributed by atoms with van der Waals surface area (Å²) in [5.74, 6) is 0. The van der Waals surface area contributed by atoms with E-state index in [0.717, 1.165) is 114 Å². The van der Waals surface area contributed by atoms with Crippen LogP contribution in [0, 0.1) is 13.8 Å². The van der Waals surface area contributed by atoms with Crippen LogP contribution in [0.3, 0.4) is 0 Å². The number of nitrogens with one attached hydrogen (secondary N) is 5. The Balaban J connectivity index is 0.000000179. The van der Waals surface area contributed by atoms with Crippen molar-refractivity contribution in [3.05, 3.63) is 69.7 Å². The molecule has 6 heterocycles. The monoisotopic (exact) mass is 842 g/mol. The van der Waals surface area contributed by atoms with Gasteiger partial charge in [-0.3, -0.25) is 20.4 Å². The van der Waals surface area contributed by atoms with Crippen molar-refractivity contribution >= 4 is 67.7 Å². The average molecular weight is 843 g/mol. The van der Waals surface area contributed by atoms with Crippen LogP contribution in [0.2, 0.25) is 0 Å². The number of aromatic nitrogens is 2. The average Bonchev–Trinajstić information content (AvgIpc) is 3.89. The molecule has 0 saturated carbocycles. The molecule has 59 heavy (non-hydrogen) atoms. The normalized spacial score (nSPS) is 18.2. The second-order valence-corrected chi connectivity index (χ2v) is 18.4. The summed E-state index contributed by atoms with van der Waals surface area (Å²) >= 11 is 3.10. The van der Waals surface area contributed by atoms with E-state index in [1.807, 2.05) is 36.7 Å². The predicted molar refractivity (Wildman–Crippen MR) is 245 cm³/mol. The quantitative estimate of drug-likeness (QED) is 0.111. The summed E-state index contributed by atoms with van der Waals surface area (Å²) in [4.78, 5) is 48.3. The highest BCUT2D eigenvalue weighted by atomic mass is 32.1. The van der Waals surface area contributed by atoms with Crippen LogP contribution in [-0.2, 0) is 13.1 Å². The molecule has 0 atom stereocenters. The van der Waals surface area contributed by atoms with Crippen molar-refractivity contribution in [2.24, 2.45) is 0 Å². The Morgan fingerprint density at radius 2 is 1.03 bits per heavy atom. The molecule has 0 bridgehead atoms. The minimum Gasteiger partial charge on any atom is -0.370 e. The molecule has 4 fully saturated rings. The third-order valence-electron chi connectivity index (χ3n) is 11.3. The molecule has 5 N–H and O–H groups in total. The van der Waals surface area contributed by atoms with Gasteiger partial charge < -0.3 is 30.7 Å². The molecule has 8 rings (SSSR count).